The summed E-state index contributed by atoms with van der Waals surface area (Å²) in [6, 6.07) is 0. The molecule has 0 aromatic carbocycles. The molecular formula is C13H20ClN3O2S. The van der Waals surface area contributed by atoms with Gasteiger partial charge in [-0.15, -0.1) is 22.9 Å². The van der Waals surface area contributed by atoms with E-state index in [0.29, 0.717) is 31.3 Å². The Morgan fingerprint density at radius 1 is 1.35 bits per heavy atom. The minimum absolute atomic E-state index is 0.0438. The lowest BCUT2D eigenvalue weighted by Crippen LogP contribution is -2.32. The van der Waals surface area contributed by atoms with Crippen LogP contribution in [0.5, 0.6) is 0 Å². The lowest BCUT2D eigenvalue weighted by atomic mass is 10.2. The third-order valence-corrected chi connectivity index (χ3v) is 3.60. The number of amides is 2. The maximum Gasteiger partial charge on any atom is 0.226 e. The maximum atomic E-state index is 11.6. The van der Waals surface area contributed by atoms with Crippen LogP contribution in [-0.2, 0) is 21.9 Å². The van der Waals surface area contributed by atoms with Gasteiger partial charge in [0.05, 0.1) is 18.0 Å². The minimum Gasteiger partial charge on any atom is -0.356 e. The van der Waals surface area contributed by atoms with Crippen molar-refractivity contribution >= 4 is 34.8 Å². The SMILES string of the molecule is CC(C)CNC(=O)CCNC(=O)Cc1nc(CCl)cs1. The molecule has 0 unspecified atom stereocenters. The average Bonchev–Trinajstić information content (AvgIpc) is 2.84. The van der Waals surface area contributed by atoms with Gasteiger partial charge in [-0.25, -0.2) is 4.98 Å². The number of carbonyl (C=O) groups is 2. The number of alkyl halides is 1. The first kappa shape index (κ1) is 16.9. The van der Waals surface area contributed by atoms with Crippen LogP contribution in [0.3, 0.4) is 0 Å². The van der Waals surface area contributed by atoms with Crippen LogP contribution in [0.25, 0.3) is 0 Å². The Hall–Kier alpha value is -1.14. The summed E-state index contributed by atoms with van der Waals surface area (Å²) in [5.41, 5.74) is 0.785. The first-order chi connectivity index (χ1) is 9.51. The van der Waals surface area contributed by atoms with Crippen molar-refractivity contribution in [3.05, 3.63) is 16.1 Å². The summed E-state index contributed by atoms with van der Waals surface area (Å²) >= 11 is 7.06. The summed E-state index contributed by atoms with van der Waals surface area (Å²) in [5.74, 6) is 0.609. The Balaban J connectivity index is 2.18. The number of nitrogens with one attached hydrogen (secondary N) is 2. The van der Waals surface area contributed by atoms with Gasteiger partial charge in [-0.3, -0.25) is 9.59 Å². The molecule has 0 atom stereocenters. The zero-order valence-corrected chi connectivity index (χ0v) is 13.3. The standard InChI is InChI=1S/C13H20ClN3O2S/c1-9(2)7-16-11(18)3-4-15-12(19)5-13-17-10(6-14)8-20-13/h8-9H,3-7H2,1-2H3,(H,15,19)(H,16,18). The van der Waals surface area contributed by atoms with Gasteiger partial charge in [-0.1, -0.05) is 13.8 Å². The van der Waals surface area contributed by atoms with Crippen LogP contribution in [0, 0.1) is 5.92 Å². The number of hydrogen-bond donors (Lipinski definition) is 2. The average molecular weight is 318 g/mol. The molecule has 1 aromatic heterocycles. The van der Waals surface area contributed by atoms with E-state index in [-0.39, 0.29) is 18.2 Å². The quantitative estimate of drug-likeness (QED) is 0.717. The molecule has 0 aliphatic carbocycles. The largest absolute Gasteiger partial charge is 0.356 e. The highest BCUT2D eigenvalue weighted by Crippen LogP contribution is 2.11. The number of thiazole rings is 1. The Bertz CT molecular complexity index is 449. The van der Waals surface area contributed by atoms with Crippen molar-refractivity contribution in [2.24, 2.45) is 5.92 Å². The van der Waals surface area contributed by atoms with E-state index in [9.17, 15) is 9.59 Å². The molecule has 20 heavy (non-hydrogen) atoms. The fraction of sp³-hybridized carbons (Fsp3) is 0.615. The molecule has 1 rings (SSSR count). The molecule has 1 heterocycles. The Kier molecular flexibility index (Phi) is 7.54. The van der Waals surface area contributed by atoms with Gasteiger partial charge in [0.2, 0.25) is 11.8 Å². The van der Waals surface area contributed by atoms with Crippen LogP contribution in [-0.4, -0.2) is 29.9 Å². The minimum atomic E-state index is -0.128. The number of nitrogens with zero attached hydrogens (tertiary/aromatic N) is 1. The van der Waals surface area contributed by atoms with Crippen molar-refractivity contribution in [1.29, 1.82) is 0 Å². The molecule has 0 spiro atoms. The predicted molar refractivity (Wildman–Crippen MR) is 80.8 cm³/mol. The van der Waals surface area contributed by atoms with E-state index >= 15 is 0 Å². The molecule has 2 amide bonds. The third-order valence-electron chi connectivity index (χ3n) is 2.43. The van der Waals surface area contributed by atoms with Gasteiger partial charge in [-0.2, -0.15) is 0 Å². The number of rotatable bonds is 8. The van der Waals surface area contributed by atoms with Crippen LogP contribution in [0.15, 0.2) is 5.38 Å². The zero-order valence-electron chi connectivity index (χ0n) is 11.7. The molecule has 0 radical (unpaired) electrons. The van der Waals surface area contributed by atoms with E-state index < -0.39 is 0 Å². The van der Waals surface area contributed by atoms with Crippen molar-refractivity contribution in [3.8, 4) is 0 Å². The van der Waals surface area contributed by atoms with Crippen LogP contribution >= 0.6 is 22.9 Å². The van der Waals surface area contributed by atoms with E-state index in [4.69, 9.17) is 11.6 Å². The van der Waals surface area contributed by atoms with Crippen molar-refractivity contribution in [2.75, 3.05) is 13.1 Å². The Morgan fingerprint density at radius 2 is 2.10 bits per heavy atom. The van der Waals surface area contributed by atoms with Gasteiger partial charge in [0, 0.05) is 24.9 Å². The smallest absolute Gasteiger partial charge is 0.226 e. The monoisotopic (exact) mass is 317 g/mol. The molecule has 2 N–H and O–H groups in total. The molecule has 7 heteroatoms. The van der Waals surface area contributed by atoms with Crippen molar-refractivity contribution < 1.29 is 9.59 Å². The highest BCUT2D eigenvalue weighted by Gasteiger charge is 2.08. The summed E-state index contributed by atoms with van der Waals surface area (Å²) in [7, 11) is 0. The second kappa shape index (κ2) is 8.92. The fourth-order valence-electron chi connectivity index (χ4n) is 1.41. The molecule has 0 fully saturated rings. The molecule has 0 aliphatic heterocycles. The topological polar surface area (TPSA) is 71.1 Å². The van der Waals surface area contributed by atoms with Gasteiger partial charge in [0.1, 0.15) is 5.01 Å². The molecule has 112 valence electrons. The van der Waals surface area contributed by atoms with Gasteiger partial charge < -0.3 is 10.6 Å². The normalized spacial score (nSPS) is 10.6. The van der Waals surface area contributed by atoms with Crippen LogP contribution in [0.1, 0.15) is 31.0 Å². The highest BCUT2D eigenvalue weighted by atomic mass is 35.5. The summed E-state index contributed by atoms with van der Waals surface area (Å²) in [4.78, 5) is 27.3. The second-order valence-electron chi connectivity index (χ2n) is 4.84. The van der Waals surface area contributed by atoms with Crippen LogP contribution < -0.4 is 10.6 Å². The molecule has 1 aromatic rings. The van der Waals surface area contributed by atoms with Crippen molar-refractivity contribution in [2.45, 2.75) is 32.6 Å². The van der Waals surface area contributed by atoms with Gasteiger partial charge in [-0.05, 0) is 5.92 Å². The van der Waals surface area contributed by atoms with Crippen molar-refractivity contribution in [1.82, 2.24) is 15.6 Å². The molecule has 0 bridgehead atoms. The summed E-state index contributed by atoms with van der Waals surface area (Å²) in [6.45, 7) is 5.07. The van der Waals surface area contributed by atoms with Gasteiger partial charge in [0.15, 0.2) is 0 Å². The van der Waals surface area contributed by atoms with E-state index in [1.165, 1.54) is 11.3 Å². The first-order valence-electron chi connectivity index (χ1n) is 6.54. The molecule has 0 aliphatic rings. The van der Waals surface area contributed by atoms with E-state index in [1.54, 1.807) is 0 Å². The molecule has 5 nitrogen and oxygen atoms in total. The first-order valence-corrected chi connectivity index (χ1v) is 7.95. The highest BCUT2D eigenvalue weighted by molar-refractivity contribution is 7.09. The number of hydrogen-bond acceptors (Lipinski definition) is 4. The number of aromatic nitrogens is 1. The molecule has 0 saturated heterocycles. The van der Waals surface area contributed by atoms with Gasteiger partial charge >= 0.3 is 0 Å². The van der Waals surface area contributed by atoms with E-state index in [0.717, 1.165) is 10.7 Å². The van der Waals surface area contributed by atoms with Gasteiger partial charge in [0.25, 0.3) is 0 Å². The van der Waals surface area contributed by atoms with Crippen LogP contribution in [0.2, 0.25) is 0 Å². The predicted octanol–water partition coefficient (Wildman–Crippen LogP) is 1.70. The number of halogens is 1. The second-order valence-corrected chi connectivity index (χ2v) is 6.05. The molecular weight excluding hydrogens is 298 g/mol. The van der Waals surface area contributed by atoms with E-state index in [2.05, 4.69) is 15.6 Å². The van der Waals surface area contributed by atoms with Crippen LogP contribution in [0.4, 0.5) is 0 Å². The molecule has 0 saturated carbocycles. The van der Waals surface area contributed by atoms with E-state index in [1.807, 2.05) is 19.2 Å². The fourth-order valence-corrected chi connectivity index (χ4v) is 2.43. The summed E-state index contributed by atoms with van der Waals surface area (Å²) in [5, 5.41) is 8.09. The lowest BCUT2D eigenvalue weighted by Gasteiger charge is -2.08. The Labute approximate surface area is 128 Å². The van der Waals surface area contributed by atoms with Crippen molar-refractivity contribution in [3.63, 3.8) is 0 Å². The lowest BCUT2D eigenvalue weighted by molar-refractivity contribution is -0.122. The Morgan fingerprint density at radius 3 is 2.70 bits per heavy atom. The zero-order chi connectivity index (χ0) is 15.0. The number of carbonyl (C=O) groups excluding carboxylic acids is 2. The maximum absolute atomic E-state index is 11.6. The summed E-state index contributed by atoms with van der Waals surface area (Å²) in [6.07, 6.45) is 0.526. The third kappa shape index (κ3) is 6.86. The summed E-state index contributed by atoms with van der Waals surface area (Å²) < 4.78 is 0.